The molecule has 0 aliphatic carbocycles. The molecule has 0 aliphatic rings. The minimum Gasteiger partial charge on any atom is -0.469 e. The van der Waals surface area contributed by atoms with Crippen molar-refractivity contribution in [2.75, 3.05) is 14.2 Å². The number of ether oxygens (including phenoxy) is 2. The van der Waals surface area contributed by atoms with Crippen LogP contribution in [0.1, 0.15) is 12.0 Å². The van der Waals surface area contributed by atoms with Crippen molar-refractivity contribution in [2.24, 2.45) is 0 Å². The van der Waals surface area contributed by atoms with Crippen LogP contribution in [-0.2, 0) is 25.6 Å². The molecule has 0 radical (unpaired) electrons. The van der Waals surface area contributed by atoms with Gasteiger partial charge < -0.3 is 14.8 Å². The van der Waals surface area contributed by atoms with Gasteiger partial charge >= 0.3 is 11.9 Å². The predicted molar refractivity (Wildman–Crippen MR) is 70.0 cm³/mol. The second kappa shape index (κ2) is 7.92. The van der Waals surface area contributed by atoms with E-state index < -0.39 is 11.9 Å². The zero-order valence-electron chi connectivity index (χ0n) is 11.0. The highest BCUT2D eigenvalue weighted by Gasteiger charge is 2.08. The van der Waals surface area contributed by atoms with Crippen molar-refractivity contribution in [1.82, 2.24) is 5.32 Å². The summed E-state index contributed by atoms with van der Waals surface area (Å²) in [6.07, 6.45) is 1.25. The Morgan fingerprint density at radius 3 is 2.42 bits per heavy atom. The lowest BCUT2D eigenvalue weighted by atomic mass is 10.2. The van der Waals surface area contributed by atoms with E-state index >= 15 is 0 Å². The molecule has 0 saturated carbocycles. The SMILES string of the molecule is COC(=O)C=C(CC(=O)OC)NCc1ccccc1. The Hall–Kier alpha value is -2.30. The summed E-state index contributed by atoms with van der Waals surface area (Å²) >= 11 is 0. The van der Waals surface area contributed by atoms with Gasteiger partial charge in [0.2, 0.25) is 0 Å². The molecule has 0 unspecified atom stereocenters. The van der Waals surface area contributed by atoms with Gasteiger partial charge in [0.05, 0.1) is 20.6 Å². The fourth-order valence-corrected chi connectivity index (χ4v) is 1.40. The number of benzene rings is 1. The average Bonchev–Trinajstić information content (AvgIpc) is 2.45. The number of carbonyl (C=O) groups excluding carboxylic acids is 2. The van der Waals surface area contributed by atoms with Crippen molar-refractivity contribution >= 4 is 11.9 Å². The van der Waals surface area contributed by atoms with Crippen molar-refractivity contribution in [3.8, 4) is 0 Å². The lowest BCUT2D eigenvalue weighted by Crippen LogP contribution is -2.18. The van der Waals surface area contributed by atoms with E-state index in [-0.39, 0.29) is 6.42 Å². The van der Waals surface area contributed by atoms with Gasteiger partial charge in [-0.1, -0.05) is 30.3 Å². The summed E-state index contributed by atoms with van der Waals surface area (Å²) in [7, 11) is 2.58. The minimum atomic E-state index is -0.514. The molecule has 1 N–H and O–H groups in total. The fraction of sp³-hybridized carbons (Fsp3) is 0.286. The number of esters is 2. The van der Waals surface area contributed by atoms with Gasteiger partial charge in [-0.15, -0.1) is 0 Å². The molecule has 102 valence electrons. The van der Waals surface area contributed by atoms with Crippen molar-refractivity contribution < 1.29 is 19.1 Å². The third-order valence-corrected chi connectivity index (χ3v) is 2.42. The molecule has 1 aromatic carbocycles. The Balaban J connectivity index is 2.66. The van der Waals surface area contributed by atoms with Crippen LogP contribution >= 0.6 is 0 Å². The van der Waals surface area contributed by atoms with Gasteiger partial charge in [0.25, 0.3) is 0 Å². The second-order valence-electron chi connectivity index (χ2n) is 3.78. The second-order valence-corrected chi connectivity index (χ2v) is 3.78. The van der Waals surface area contributed by atoms with Crippen molar-refractivity contribution in [3.05, 3.63) is 47.7 Å². The van der Waals surface area contributed by atoms with E-state index in [1.165, 1.54) is 20.3 Å². The number of nitrogens with one attached hydrogen (secondary N) is 1. The third kappa shape index (κ3) is 5.72. The van der Waals surface area contributed by atoms with Gasteiger partial charge in [-0.3, -0.25) is 4.79 Å². The topological polar surface area (TPSA) is 64.6 Å². The molecule has 0 aliphatic heterocycles. The summed E-state index contributed by atoms with van der Waals surface area (Å²) in [5.74, 6) is -0.935. The molecule has 0 aromatic heterocycles. The Bertz CT molecular complexity index is 454. The number of carbonyl (C=O) groups is 2. The van der Waals surface area contributed by atoms with Crippen LogP contribution in [0.4, 0.5) is 0 Å². The van der Waals surface area contributed by atoms with Crippen molar-refractivity contribution in [1.29, 1.82) is 0 Å². The summed E-state index contributed by atoms with van der Waals surface area (Å²) in [6, 6.07) is 9.65. The molecule has 5 heteroatoms. The molecular formula is C14H17NO4. The van der Waals surface area contributed by atoms with Crippen LogP contribution in [0.25, 0.3) is 0 Å². The van der Waals surface area contributed by atoms with Crippen LogP contribution in [0.2, 0.25) is 0 Å². The normalized spacial score (nSPS) is 10.7. The molecule has 0 spiro atoms. The molecule has 0 atom stereocenters. The van der Waals surface area contributed by atoms with E-state index in [4.69, 9.17) is 0 Å². The maximum atomic E-state index is 11.2. The zero-order chi connectivity index (χ0) is 14.1. The molecule has 0 amide bonds. The molecule has 5 nitrogen and oxygen atoms in total. The fourth-order valence-electron chi connectivity index (χ4n) is 1.40. The Labute approximate surface area is 112 Å². The lowest BCUT2D eigenvalue weighted by Gasteiger charge is -2.10. The van der Waals surface area contributed by atoms with E-state index in [0.717, 1.165) is 5.56 Å². The summed E-state index contributed by atoms with van der Waals surface area (Å²) in [5, 5.41) is 3.03. The first-order valence-electron chi connectivity index (χ1n) is 5.79. The van der Waals surface area contributed by atoms with E-state index in [9.17, 15) is 9.59 Å². The summed E-state index contributed by atoms with van der Waals surface area (Å²) in [4.78, 5) is 22.5. The third-order valence-electron chi connectivity index (χ3n) is 2.42. The number of hydrogen-bond acceptors (Lipinski definition) is 5. The molecule has 0 heterocycles. The number of rotatable bonds is 6. The van der Waals surface area contributed by atoms with E-state index in [1.807, 2.05) is 30.3 Å². The van der Waals surface area contributed by atoms with Gasteiger partial charge in [0.1, 0.15) is 0 Å². The van der Waals surface area contributed by atoms with Crippen LogP contribution in [0.3, 0.4) is 0 Å². The van der Waals surface area contributed by atoms with Gasteiger partial charge in [0.15, 0.2) is 0 Å². The maximum absolute atomic E-state index is 11.2. The average molecular weight is 263 g/mol. The van der Waals surface area contributed by atoms with Crippen LogP contribution in [0.15, 0.2) is 42.1 Å². The highest BCUT2D eigenvalue weighted by Crippen LogP contribution is 2.04. The molecule has 19 heavy (non-hydrogen) atoms. The van der Waals surface area contributed by atoms with Gasteiger partial charge in [-0.2, -0.15) is 0 Å². The van der Waals surface area contributed by atoms with Gasteiger partial charge in [0, 0.05) is 18.3 Å². The highest BCUT2D eigenvalue weighted by molar-refractivity contribution is 5.84. The summed E-state index contributed by atoms with van der Waals surface area (Å²) in [6.45, 7) is 0.515. The van der Waals surface area contributed by atoms with Crippen LogP contribution in [-0.4, -0.2) is 26.2 Å². The van der Waals surface area contributed by atoms with Gasteiger partial charge in [-0.05, 0) is 5.56 Å². The Kier molecular flexibility index (Phi) is 6.15. The van der Waals surface area contributed by atoms with E-state index in [0.29, 0.717) is 12.2 Å². The molecule has 1 rings (SSSR count). The van der Waals surface area contributed by atoms with E-state index in [2.05, 4.69) is 14.8 Å². The lowest BCUT2D eigenvalue weighted by molar-refractivity contribution is -0.139. The highest BCUT2D eigenvalue weighted by atomic mass is 16.5. The molecule has 0 saturated heterocycles. The smallest absolute Gasteiger partial charge is 0.332 e. The first kappa shape index (κ1) is 14.8. The van der Waals surface area contributed by atoms with E-state index in [1.54, 1.807) is 0 Å². The standard InChI is InChI=1S/C14H17NO4/c1-18-13(16)8-12(9-14(17)19-2)15-10-11-6-4-3-5-7-11/h3-8,15H,9-10H2,1-2H3. The summed E-state index contributed by atoms with van der Waals surface area (Å²) < 4.78 is 9.12. The maximum Gasteiger partial charge on any atom is 0.332 e. The molecule has 0 fully saturated rings. The molecule has 0 bridgehead atoms. The minimum absolute atomic E-state index is 0.00155. The number of methoxy groups -OCH3 is 2. The Morgan fingerprint density at radius 2 is 1.84 bits per heavy atom. The van der Waals surface area contributed by atoms with Crippen LogP contribution < -0.4 is 5.32 Å². The van der Waals surface area contributed by atoms with Crippen molar-refractivity contribution in [2.45, 2.75) is 13.0 Å². The largest absolute Gasteiger partial charge is 0.469 e. The first-order chi connectivity index (χ1) is 9.15. The first-order valence-corrected chi connectivity index (χ1v) is 5.79. The molecular weight excluding hydrogens is 246 g/mol. The van der Waals surface area contributed by atoms with Gasteiger partial charge in [-0.25, -0.2) is 4.79 Å². The summed E-state index contributed by atoms with van der Waals surface area (Å²) in [5.41, 5.74) is 1.51. The van der Waals surface area contributed by atoms with Crippen LogP contribution in [0, 0.1) is 0 Å². The predicted octanol–water partition coefficient (Wildman–Crippen LogP) is 1.40. The monoisotopic (exact) mass is 263 g/mol. The van der Waals surface area contributed by atoms with Crippen molar-refractivity contribution in [3.63, 3.8) is 0 Å². The molecule has 1 aromatic rings. The van der Waals surface area contributed by atoms with Crippen LogP contribution in [0.5, 0.6) is 0 Å². The quantitative estimate of drug-likeness (QED) is 0.620. The number of hydrogen-bond donors (Lipinski definition) is 1. The Morgan fingerprint density at radius 1 is 1.16 bits per heavy atom. The zero-order valence-corrected chi connectivity index (χ0v) is 11.0.